The molecule has 1 atom stereocenters. The van der Waals surface area contributed by atoms with Gasteiger partial charge in [-0.25, -0.2) is 4.98 Å². The molecule has 0 spiro atoms. The Morgan fingerprint density at radius 1 is 1.38 bits per heavy atom. The molecular formula is C15H16Cl2FN3O2S. The van der Waals surface area contributed by atoms with Crippen LogP contribution in [0.2, 0.25) is 10.0 Å². The van der Waals surface area contributed by atoms with Crippen molar-refractivity contribution in [3.8, 4) is 0 Å². The minimum absolute atomic E-state index is 0.0812. The summed E-state index contributed by atoms with van der Waals surface area (Å²) in [6.07, 6.45) is 2.98. The number of rotatable bonds is 4. The number of hydrogen-bond acceptors (Lipinski definition) is 4. The highest BCUT2D eigenvalue weighted by Crippen LogP contribution is 2.37. The molecule has 2 heterocycles. The molecule has 2 aromatic rings. The average molecular weight is 392 g/mol. The second-order valence-electron chi connectivity index (χ2n) is 5.92. The Kier molecular flexibility index (Phi) is 4.88. The van der Waals surface area contributed by atoms with Crippen LogP contribution >= 0.6 is 23.2 Å². The average Bonchev–Trinajstić information content (AvgIpc) is 2.87. The molecule has 0 N–H and O–H groups in total. The van der Waals surface area contributed by atoms with Gasteiger partial charge in [-0.3, -0.25) is 0 Å². The standard InChI is InChI=1S/C15H16Cl2FN3O2S/c1-9(2)14-12(16)5-11(6-13(14)17)20-24(18,22)21-7-10(8-21)15-19-3-4-23-15/h3-6,9-10H,7-8H2,1-2H3. The third kappa shape index (κ3) is 3.44. The van der Waals surface area contributed by atoms with E-state index in [1.165, 1.54) is 24.6 Å². The SMILES string of the molecule is CC(C)c1c(Cl)cc(N=S(=O)(F)N2CC(c3ncco3)C2)cc1Cl. The highest BCUT2D eigenvalue weighted by molar-refractivity contribution is 7.86. The van der Waals surface area contributed by atoms with Crippen LogP contribution in [0.25, 0.3) is 0 Å². The summed E-state index contributed by atoms with van der Waals surface area (Å²) < 4.78 is 36.8. The van der Waals surface area contributed by atoms with Crippen molar-refractivity contribution in [2.24, 2.45) is 4.36 Å². The molecule has 0 bridgehead atoms. The largest absolute Gasteiger partial charge is 0.449 e. The summed E-state index contributed by atoms with van der Waals surface area (Å²) in [7, 11) is -4.05. The third-order valence-corrected chi connectivity index (χ3v) is 5.82. The van der Waals surface area contributed by atoms with Crippen molar-refractivity contribution in [2.75, 3.05) is 13.1 Å². The topological polar surface area (TPSA) is 58.7 Å². The van der Waals surface area contributed by atoms with Gasteiger partial charge in [-0.15, -0.1) is 3.89 Å². The van der Waals surface area contributed by atoms with Crippen LogP contribution in [0.15, 0.2) is 33.4 Å². The van der Waals surface area contributed by atoms with Gasteiger partial charge in [0.25, 0.3) is 10.3 Å². The van der Waals surface area contributed by atoms with E-state index in [-0.39, 0.29) is 30.6 Å². The van der Waals surface area contributed by atoms with Gasteiger partial charge in [0.1, 0.15) is 6.26 Å². The lowest BCUT2D eigenvalue weighted by molar-refractivity contribution is 0.231. The molecule has 0 aliphatic carbocycles. The molecule has 1 aromatic heterocycles. The van der Waals surface area contributed by atoms with Crippen molar-refractivity contribution >= 4 is 39.2 Å². The van der Waals surface area contributed by atoms with Gasteiger partial charge in [0.15, 0.2) is 5.89 Å². The summed E-state index contributed by atoms with van der Waals surface area (Å²) in [6.45, 7) is 4.35. The summed E-state index contributed by atoms with van der Waals surface area (Å²) in [5.41, 5.74) is 0.914. The summed E-state index contributed by atoms with van der Waals surface area (Å²) in [5.74, 6) is 0.543. The van der Waals surface area contributed by atoms with Gasteiger partial charge in [0.2, 0.25) is 0 Å². The van der Waals surface area contributed by atoms with E-state index in [1.54, 1.807) is 0 Å². The van der Waals surface area contributed by atoms with Crippen molar-refractivity contribution in [3.05, 3.63) is 46.1 Å². The first-order valence-electron chi connectivity index (χ1n) is 7.38. The molecule has 1 aliphatic heterocycles. The van der Waals surface area contributed by atoms with E-state index < -0.39 is 10.3 Å². The van der Waals surface area contributed by atoms with Crippen LogP contribution in [0.1, 0.15) is 37.1 Å². The van der Waals surface area contributed by atoms with Gasteiger partial charge in [-0.1, -0.05) is 37.0 Å². The van der Waals surface area contributed by atoms with Crippen molar-refractivity contribution in [1.29, 1.82) is 0 Å². The lowest BCUT2D eigenvalue weighted by Crippen LogP contribution is -2.46. The van der Waals surface area contributed by atoms with Crippen molar-refractivity contribution in [2.45, 2.75) is 25.7 Å². The highest BCUT2D eigenvalue weighted by atomic mass is 35.5. The molecule has 9 heteroatoms. The molecule has 0 amide bonds. The lowest BCUT2D eigenvalue weighted by atomic mass is 10.0. The molecule has 0 saturated carbocycles. The molecule has 1 aromatic carbocycles. The van der Waals surface area contributed by atoms with Gasteiger partial charge < -0.3 is 4.42 Å². The zero-order valence-corrected chi connectivity index (χ0v) is 15.4. The molecule has 1 unspecified atom stereocenters. The highest BCUT2D eigenvalue weighted by Gasteiger charge is 2.38. The quantitative estimate of drug-likeness (QED) is 0.680. The van der Waals surface area contributed by atoms with Crippen LogP contribution in [-0.2, 0) is 10.3 Å². The van der Waals surface area contributed by atoms with Gasteiger partial charge in [0.05, 0.1) is 17.8 Å². The zero-order chi connectivity index (χ0) is 17.5. The number of benzene rings is 1. The lowest BCUT2D eigenvalue weighted by Gasteiger charge is -2.35. The van der Waals surface area contributed by atoms with Crippen LogP contribution < -0.4 is 0 Å². The van der Waals surface area contributed by atoms with E-state index in [1.807, 2.05) is 13.8 Å². The van der Waals surface area contributed by atoms with Crippen LogP contribution in [0.5, 0.6) is 0 Å². The van der Waals surface area contributed by atoms with Crippen LogP contribution in [0.4, 0.5) is 9.57 Å². The number of nitrogens with zero attached hydrogens (tertiary/aromatic N) is 3. The Bertz CT molecular complexity index is 835. The molecule has 0 radical (unpaired) electrons. The smallest absolute Gasteiger partial charge is 0.275 e. The summed E-state index contributed by atoms with van der Waals surface area (Å²) in [6, 6.07) is 2.96. The Morgan fingerprint density at radius 2 is 2.00 bits per heavy atom. The summed E-state index contributed by atoms with van der Waals surface area (Å²) in [5, 5.41) is 0.764. The van der Waals surface area contributed by atoms with Gasteiger partial charge in [-0.05, 0) is 23.6 Å². The first-order chi connectivity index (χ1) is 11.3. The van der Waals surface area contributed by atoms with E-state index >= 15 is 0 Å². The maximum absolute atomic E-state index is 14.5. The second kappa shape index (κ2) is 6.63. The fraction of sp³-hybridized carbons (Fsp3) is 0.400. The Hall–Kier alpha value is -1.15. The molecule has 24 heavy (non-hydrogen) atoms. The second-order valence-corrected chi connectivity index (χ2v) is 8.29. The number of hydrogen-bond donors (Lipinski definition) is 0. The van der Waals surface area contributed by atoms with E-state index in [0.29, 0.717) is 15.9 Å². The Labute approximate surface area is 150 Å². The fourth-order valence-electron chi connectivity index (χ4n) is 2.58. The fourth-order valence-corrected chi connectivity index (χ4v) is 4.70. The minimum Gasteiger partial charge on any atom is -0.449 e. The van der Waals surface area contributed by atoms with E-state index in [9.17, 15) is 8.09 Å². The maximum atomic E-state index is 14.5. The van der Waals surface area contributed by atoms with Crippen molar-refractivity contribution in [1.82, 2.24) is 9.29 Å². The van der Waals surface area contributed by atoms with E-state index in [2.05, 4.69) is 9.35 Å². The molecule has 3 rings (SSSR count). The molecule has 1 fully saturated rings. The van der Waals surface area contributed by atoms with Gasteiger partial charge in [-0.2, -0.15) is 12.9 Å². The van der Waals surface area contributed by atoms with Gasteiger partial charge in [0, 0.05) is 23.1 Å². The van der Waals surface area contributed by atoms with Crippen LogP contribution in [0, 0.1) is 0 Å². The first-order valence-corrected chi connectivity index (χ1v) is 9.51. The van der Waals surface area contributed by atoms with Crippen molar-refractivity contribution < 1.29 is 12.5 Å². The Morgan fingerprint density at radius 3 is 2.50 bits per heavy atom. The number of aromatic nitrogens is 1. The monoisotopic (exact) mass is 391 g/mol. The molecule has 130 valence electrons. The molecule has 1 saturated heterocycles. The zero-order valence-electron chi connectivity index (χ0n) is 13.1. The van der Waals surface area contributed by atoms with E-state index in [4.69, 9.17) is 27.6 Å². The normalized spacial score (nSPS) is 18.4. The molecule has 1 aliphatic rings. The minimum atomic E-state index is -4.05. The van der Waals surface area contributed by atoms with Crippen molar-refractivity contribution in [3.63, 3.8) is 0 Å². The van der Waals surface area contributed by atoms with E-state index in [0.717, 1.165) is 9.87 Å². The summed E-state index contributed by atoms with van der Waals surface area (Å²) in [4.78, 5) is 4.01. The van der Waals surface area contributed by atoms with Gasteiger partial charge >= 0.3 is 0 Å². The third-order valence-electron chi connectivity index (χ3n) is 3.83. The van der Waals surface area contributed by atoms with Crippen LogP contribution in [0.3, 0.4) is 0 Å². The van der Waals surface area contributed by atoms with Crippen LogP contribution in [-0.4, -0.2) is 26.6 Å². The number of oxazole rings is 1. The predicted molar refractivity (Wildman–Crippen MR) is 92.7 cm³/mol. The predicted octanol–water partition coefficient (Wildman–Crippen LogP) is 5.10. The number of halogens is 3. The first kappa shape index (κ1) is 17.7. The molecule has 5 nitrogen and oxygen atoms in total. The molecular weight excluding hydrogens is 376 g/mol. The maximum Gasteiger partial charge on any atom is 0.275 e. The Balaban J connectivity index is 1.82. The summed E-state index contributed by atoms with van der Waals surface area (Å²) >= 11 is 12.4.